The molecule has 146 valence electrons. The van der Waals surface area contributed by atoms with Crippen molar-refractivity contribution in [2.24, 2.45) is 0 Å². The number of hydrogen-bond donors (Lipinski definition) is 1. The highest BCUT2D eigenvalue weighted by molar-refractivity contribution is 8.00. The predicted octanol–water partition coefficient (Wildman–Crippen LogP) is 2.95. The molecule has 1 aliphatic rings. The van der Waals surface area contributed by atoms with Gasteiger partial charge in [0.2, 0.25) is 11.8 Å². The number of nitrogens with zero attached hydrogens (tertiary/aromatic N) is 3. The molecule has 1 aliphatic carbocycles. The van der Waals surface area contributed by atoms with Gasteiger partial charge in [0.15, 0.2) is 0 Å². The zero-order valence-electron chi connectivity index (χ0n) is 16.5. The van der Waals surface area contributed by atoms with Crippen LogP contribution in [0.4, 0.5) is 0 Å². The summed E-state index contributed by atoms with van der Waals surface area (Å²) in [6.45, 7) is 7.71. The highest BCUT2D eigenvalue weighted by Gasteiger charge is 2.23. The Bertz CT molecular complexity index is 886. The molecule has 6 nitrogen and oxygen atoms in total. The quantitative estimate of drug-likeness (QED) is 0.610. The van der Waals surface area contributed by atoms with Crippen LogP contribution in [0.2, 0.25) is 0 Å². The third-order valence-electron chi connectivity index (χ3n) is 4.30. The number of thioether (sulfide) groups is 1. The Labute approximate surface area is 168 Å². The van der Waals surface area contributed by atoms with Gasteiger partial charge in [0.1, 0.15) is 15.7 Å². The Kier molecular flexibility index (Phi) is 5.76. The molecule has 27 heavy (non-hydrogen) atoms. The third kappa shape index (κ3) is 4.79. The lowest BCUT2D eigenvalue weighted by Crippen LogP contribution is -2.46. The summed E-state index contributed by atoms with van der Waals surface area (Å²) in [6, 6.07) is 0. The van der Waals surface area contributed by atoms with E-state index in [1.54, 1.807) is 18.4 Å². The number of carbonyl (C=O) groups is 2. The normalized spacial score (nSPS) is 13.7. The first kappa shape index (κ1) is 20.1. The number of aromatic nitrogens is 2. The van der Waals surface area contributed by atoms with Crippen LogP contribution in [-0.2, 0) is 22.4 Å². The van der Waals surface area contributed by atoms with Gasteiger partial charge in [0, 0.05) is 22.8 Å². The van der Waals surface area contributed by atoms with Crippen LogP contribution in [0.25, 0.3) is 10.2 Å². The maximum atomic E-state index is 12.5. The fraction of sp³-hybridized carbons (Fsp3) is 0.579. The first-order chi connectivity index (χ1) is 12.6. The maximum absolute atomic E-state index is 12.5. The van der Waals surface area contributed by atoms with Crippen LogP contribution in [0.15, 0.2) is 5.03 Å². The van der Waals surface area contributed by atoms with Gasteiger partial charge in [-0.3, -0.25) is 9.59 Å². The van der Waals surface area contributed by atoms with E-state index in [0.717, 1.165) is 33.9 Å². The molecule has 0 saturated heterocycles. The molecule has 1 N–H and O–H groups in total. The number of amides is 2. The third-order valence-corrected chi connectivity index (χ3v) is 6.44. The molecule has 0 spiro atoms. The lowest BCUT2D eigenvalue weighted by Gasteiger charge is -2.23. The van der Waals surface area contributed by atoms with E-state index in [0.29, 0.717) is 0 Å². The number of likely N-dealkylation sites (N-methyl/N-ethyl adjacent to an activating group) is 1. The molecule has 3 rings (SSSR count). The zero-order chi connectivity index (χ0) is 19.8. The summed E-state index contributed by atoms with van der Waals surface area (Å²) >= 11 is 3.20. The van der Waals surface area contributed by atoms with E-state index >= 15 is 0 Å². The molecule has 0 unspecified atom stereocenters. The molecule has 0 atom stereocenters. The fourth-order valence-corrected chi connectivity index (χ4v) is 5.58. The van der Waals surface area contributed by atoms with Crippen LogP contribution in [0.1, 0.15) is 43.5 Å². The molecule has 0 aromatic carbocycles. The number of thiophene rings is 1. The molecule has 2 aromatic rings. The van der Waals surface area contributed by atoms with E-state index in [-0.39, 0.29) is 29.7 Å². The summed E-state index contributed by atoms with van der Waals surface area (Å²) in [4.78, 5) is 37.6. The van der Waals surface area contributed by atoms with Gasteiger partial charge < -0.3 is 10.2 Å². The van der Waals surface area contributed by atoms with Gasteiger partial charge >= 0.3 is 0 Å². The molecule has 8 heteroatoms. The number of nitrogens with one attached hydrogen (secondary N) is 1. The van der Waals surface area contributed by atoms with E-state index in [1.165, 1.54) is 33.5 Å². The Morgan fingerprint density at radius 2 is 2.00 bits per heavy atom. The summed E-state index contributed by atoms with van der Waals surface area (Å²) in [5.41, 5.74) is 1.06. The average molecular weight is 407 g/mol. The lowest BCUT2D eigenvalue weighted by atomic mass is 10.1. The smallest absolute Gasteiger partial charge is 0.240 e. The van der Waals surface area contributed by atoms with Gasteiger partial charge in [-0.05, 0) is 52.5 Å². The monoisotopic (exact) mass is 406 g/mol. The molecule has 0 aliphatic heterocycles. The molecular formula is C19H26N4O2S2. The summed E-state index contributed by atoms with van der Waals surface area (Å²) in [5, 5.41) is 4.89. The van der Waals surface area contributed by atoms with Crippen molar-refractivity contribution < 1.29 is 9.59 Å². The second kappa shape index (κ2) is 7.75. The standard InChI is InChI=1S/C19H26N4O2S2/c1-11-20-17(16-12-7-6-8-13(12)27-18(16)21-11)26-10-15(25)23(5)9-14(24)22-19(2,3)4/h6-10H2,1-5H3,(H,22,24). The molecule has 0 fully saturated rings. The van der Waals surface area contributed by atoms with Gasteiger partial charge in [0.25, 0.3) is 0 Å². The van der Waals surface area contributed by atoms with E-state index in [4.69, 9.17) is 0 Å². The number of hydrogen-bond acceptors (Lipinski definition) is 6. The van der Waals surface area contributed by atoms with Crippen LogP contribution in [0.3, 0.4) is 0 Å². The fourth-order valence-electron chi connectivity index (χ4n) is 3.17. The minimum atomic E-state index is -0.306. The average Bonchev–Trinajstić information content (AvgIpc) is 3.10. The topological polar surface area (TPSA) is 75.2 Å². The van der Waals surface area contributed by atoms with Crippen molar-refractivity contribution in [2.75, 3.05) is 19.3 Å². The van der Waals surface area contributed by atoms with Crippen LogP contribution in [0, 0.1) is 6.92 Å². The Hall–Kier alpha value is -1.67. The van der Waals surface area contributed by atoms with Crippen molar-refractivity contribution in [3.63, 3.8) is 0 Å². The van der Waals surface area contributed by atoms with Crippen molar-refractivity contribution in [3.05, 3.63) is 16.3 Å². The minimum Gasteiger partial charge on any atom is -0.350 e. The van der Waals surface area contributed by atoms with E-state index in [9.17, 15) is 9.59 Å². The summed E-state index contributed by atoms with van der Waals surface area (Å²) < 4.78 is 0. The Morgan fingerprint density at radius 1 is 1.26 bits per heavy atom. The first-order valence-corrected chi connectivity index (χ1v) is 10.9. The van der Waals surface area contributed by atoms with Gasteiger partial charge in [-0.1, -0.05) is 11.8 Å². The zero-order valence-corrected chi connectivity index (χ0v) is 18.1. The molecule has 0 radical (unpaired) electrons. The summed E-state index contributed by atoms with van der Waals surface area (Å²) in [5.74, 6) is 0.755. The molecule has 0 bridgehead atoms. The van der Waals surface area contributed by atoms with Crippen molar-refractivity contribution in [1.29, 1.82) is 0 Å². The Morgan fingerprint density at radius 3 is 2.70 bits per heavy atom. The molecule has 0 saturated carbocycles. The number of aryl methyl sites for hydroxylation is 3. The summed E-state index contributed by atoms with van der Waals surface area (Å²) in [7, 11) is 1.66. The van der Waals surface area contributed by atoms with Crippen molar-refractivity contribution >= 4 is 45.1 Å². The van der Waals surface area contributed by atoms with Gasteiger partial charge in [-0.15, -0.1) is 11.3 Å². The van der Waals surface area contributed by atoms with Gasteiger partial charge in [-0.2, -0.15) is 0 Å². The molecule has 2 aromatic heterocycles. The van der Waals surface area contributed by atoms with Crippen molar-refractivity contribution in [3.8, 4) is 0 Å². The highest BCUT2D eigenvalue weighted by Crippen LogP contribution is 2.40. The van der Waals surface area contributed by atoms with Crippen LogP contribution >= 0.6 is 23.1 Å². The van der Waals surface area contributed by atoms with Gasteiger partial charge in [-0.25, -0.2) is 9.97 Å². The molecule has 2 heterocycles. The van der Waals surface area contributed by atoms with Gasteiger partial charge in [0.05, 0.1) is 12.3 Å². The van der Waals surface area contributed by atoms with Crippen molar-refractivity contribution in [2.45, 2.75) is 57.5 Å². The number of carbonyl (C=O) groups excluding carboxylic acids is 2. The number of fused-ring (bicyclic) bond motifs is 3. The molecular weight excluding hydrogens is 380 g/mol. The first-order valence-electron chi connectivity index (χ1n) is 9.10. The van der Waals surface area contributed by atoms with Crippen molar-refractivity contribution in [1.82, 2.24) is 20.2 Å². The van der Waals surface area contributed by atoms with E-state index < -0.39 is 0 Å². The molecule has 2 amide bonds. The Balaban J connectivity index is 1.68. The summed E-state index contributed by atoms with van der Waals surface area (Å²) in [6.07, 6.45) is 3.36. The largest absolute Gasteiger partial charge is 0.350 e. The maximum Gasteiger partial charge on any atom is 0.240 e. The number of rotatable bonds is 5. The van der Waals surface area contributed by atoms with Crippen LogP contribution in [-0.4, -0.2) is 51.6 Å². The van der Waals surface area contributed by atoms with E-state index in [2.05, 4.69) is 15.3 Å². The lowest BCUT2D eigenvalue weighted by molar-refractivity contribution is -0.133. The SMILES string of the molecule is Cc1nc(SCC(=O)N(C)CC(=O)NC(C)(C)C)c2c3c(sc2n1)CCC3. The predicted molar refractivity (Wildman–Crippen MR) is 110 cm³/mol. The highest BCUT2D eigenvalue weighted by atomic mass is 32.2. The van der Waals surface area contributed by atoms with Crippen LogP contribution in [0.5, 0.6) is 0 Å². The second-order valence-electron chi connectivity index (χ2n) is 7.95. The second-order valence-corrected chi connectivity index (χ2v) is 10.00. The van der Waals surface area contributed by atoms with Crippen LogP contribution < -0.4 is 5.32 Å². The minimum absolute atomic E-state index is 0.0583. The van der Waals surface area contributed by atoms with E-state index in [1.807, 2.05) is 27.7 Å².